The van der Waals surface area contributed by atoms with E-state index in [1.165, 1.54) is 0 Å². The molecule has 4 heteroatoms. The van der Waals surface area contributed by atoms with E-state index in [4.69, 9.17) is 10.5 Å². The number of nitrogen functional groups attached to an aromatic ring is 1. The first-order valence-electron chi connectivity index (χ1n) is 6.03. The van der Waals surface area contributed by atoms with Crippen LogP contribution in [0.4, 0.5) is 5.95 Å². The quantitative estimate of drug-likeness (QED) is 0.814. The fourth-order valence-electron chi connectivity index (χ4n) is 2.01. The van der Waals surface area contributed by atoms with Crippen molar-refractivity contribution in [3.05, 3.63) is 23.9 Å². The van der Waals surface area contributed by atoms with Crippen LogP contribution in [0.25, 0.3) is 0 Å². The number of hydrogen-bond donors (Lipinski definition) is 1. The maximum absolute atomic E-state index is 5.76. The molecule has 1 heterocycles. The largest absolute Gasteiger partial charge is 0.477 e. The molecule has 0 bridgehead atoms. The van der Waals surface area contributed by atoms with E-state index in [1.807, 2.05) is 6.92 Å². The highest BCUT2D eigenvalue weighted by molar-refractivity contribution is 5.28. The molecule has 2 rings (SSSR count). The average molecular weight is 233 g/mol. The first-order valence-corrected chi connectivity index (χ1v) is 6.03. The van der Waals surface area contributed by atoms with Gasteiger partial charge in [0.15, 0.2) is 0 Å². The molecule has 0 amide bonds. The minimum atomic E-state index is 0.266. The van der Waals surface area contributed by atoms with Gasteiger partial charge in [0.25, 0.3) is 0 Å². The highest BCUT2D eigenvalue weighted by atomic mass is 16.5. The van der Waals surface area contributed by atoms with Gasteiger partial charge < -0.3 is 10.5 Å². The molecule has 0 radical (unpaired) electrons. The predicted molar refractivity (Wildman–Crippen MR) is 67.7 cm³/mol. The second-order valence-corrected chi connectivity index (χ2v) is 4.71. The molecule has 1 aromatic heterocycles. The zero-order chi connectivity index (χ0) is 12.3. The van der Waals surface area contributed by atoms with Crippen molar-refractivity contribution in [3.8, 4) is 5.88 Å². The lowest BCUT2D eigenvalue weighted by Gasteiger charge is -2.25. The van der Waals surface area contributed by atoms with Crippen LogP contribution in [-0.2, 0) is 0 Å². The van der Waals surface area contributed by atoms with E-state index in [0.29, 0.717) is 24.3 Å². The Hall–Kier alpha value is -1.58. The van der Waals surface area contributed by atoms with E-state index < -0.39 is 0 Å². The Kier molecular flexibility index (Phi) is 3.61. The van der Waals surface area contributed by atoms with E-state index in [9.17, 15) is 0 Å². The second kappa shape index (κ2) is 5.17. The summed E-state index contributed by atoms with van der Waals surface area (Å²) in [5.74, 6) is 2.11. The fourth-order valence-corrected chi connectivity index (χ4v) is 2.01. The summed E-state index contributed by atoms with van der Waals surface area (Å²) in [7, 11) is 0. The van der Waals surface area contributed by atoms with Crippen molar-refractivity contribution < 1.29 is 4.74 Å². The van der Waals surface area contributed by atoms with Crippen LogP contribution in [0.5, 0.6) is 5.88 Å². The summed E-state index contributed by atoms with van der Waals surface area (Å²) in [6.07, 6.45) is 8.39. The number of nitrogens with zero attached hydrogens (tertiary/aromatic N) is 2. The normalized spacial score (nSPS) is 23.6. The van der Waals surface area contributed by atoms with Crippen LogP contribution < -0.4 is 10.5 Å². The number of rotatable bonds is 3. The molecule has 2 unspecified atom stereocenters. The summed E-state index contributed by atoms with van der Waals surface area (Å²) in [4.78, 5) is 8.03. The third-order valence-electron chi connectivity index (χ3n) is 3.30. The lowest BCUT2D eigenvalue weighted by Crippen LogP contribution is -2.21. The Morgan fingerprint density at radius 3 is 2.94 bits per heavy atom. The van der Waals surface area contributed by atoms with Gasteiger partial charge in [-0.25, -0.2) is 4.98 Å². The first-order chi connectivity index (χ1) is 8.16. The number of hydrogen-bond acceptors (Lipinski definition) is 4. The van der Waals surface area contributed by atoms with Gasteiger partial charge in [0.2, 0.25) is 11.8 Å². The highest BCUT2D eigenvalue weighted by Gasteiger charge is 2.19. The maximum atomic E-state index is 5.76. The zero-order valence-corrected chi connectivity index (χ0v) is 10.4. The van der Waals surface area contributed by atoms with Gasteiger partial charge in [-0.05, 0) is 31.6 Å². The Morgan fingerprint density at radius 1 is 1.41 bits per heavy atom. The summed E-state index contributed by atoms with van der Waals surface area (Å²) in [6, 6.07) is 0. The Morgan fingerprint density at radius 2 is 2.18 bits per heavy atom. The molecule has 92 valence electrons. The third-order valence-corrected chi connectivity index (χ3v) is 3.30. The van der Waals surface area contributed by atoms with Crippen molar-refractivity contribution in [2.45, 2.75) is 26.7 Å². The molecule has 0 aromatic carbocycles. The lowest BCUT2D eigenvalue weighted by molar-refractivity contribution is 0.192. The molecular formula is C13H19N3O. The van der Waals surface area contributed by atoms with Crippen LogP contribution in [0.2, 0.25) is 0 Å². The lowest BCUT2D eigenvalue weighted by atomic mass is 9.85. The SMILES string of the molecule is Cc1cnc(N)nc1OCC1CC=CCC1C. The molecule has 17 heavy (non-hydrogen) atoms. The van der Waals surface area contributed by atoms with E-state index >= 15 is 0 Å². The van der Waals surface area contributed by atoms with Crippen molar-refractivity contribution in [2.75, 3.05) is 12.3 Å². The standard InChI is InChI=1S/C13H19N3O/c1-9-5-3-4-6-11(9)8-17-12-10(2)7-15-13(14)16-12/h3-4,7,9,11H,5-6,8H2,1-2H3,(H2,14,15,16). The van der Waals surface area contributed by atoms with Gasteiger partial charge in [-0.3, -0.25) is 0 Å². The summed E-state index contributed by atoms with van der Waals surface area (Å²) >= 11 is 0. The number of ether oxygens (including phenoxy) is 1. The van der Waals surface area contributed by atoms with Gasteiger partial charge in [0, 0.05) is 11.8 Å². The van der Waals surface area contributed by atoms with E-state index in [-0.39, 0.29) is 5.95 Å². The average Bonchev–Trinajstić information content (AvgIpc) is 2.32. The summed E-state index contributed by atoms with van der Waals surface area (Å²) in [6.45, 7) is 4.89. The van der Waals surface area contributed by atoms with Crippen LogP contribution in [-0.4, -0.2) is 16.6 Å². The summed E-state index contributed by atoms with van der Waals surface area (Å²) in [5.41, 5.74) is 6.48. The van der Waals surface area contributed by atoms with Crippen LogP contribution in [0.15, 0.2) is 18.3 Å². The van der Waals surface area contributed by atoms with Gasteiger partial charge in [0.1, 0.15) is 0 Å². The minimum Gasteiger partial charge on any atom is -0.477 e. The van der Waals surface area contributed by atoms with Crippen molar-refractivity contribution in [3.63, 3.8) is 0 Å². The molecule has 0 saturated heterocycles. The molecule has 0 aliphatic heterocycles. The summed E-state index contributed by atoms with van der Waals surface area (Å²) < 4.78 is 5.76. The molecule has 1 aromatic rings. The van der Waals surface area contributed by atoms with E-state index in [2.05, 4.69) is 29.0 Å². The fraction of sp³-hybridized carbons (Fsp3) is 0.538. The molecule has 0 fully saturated rings. The molecule has 0 saturated carbocycles. The Labute approximate surface area is 102 Å². The molecule has 4 nitrogen and oxygen atoms in total. The molecule has 2 atom stereocenters. The summed E-state index contributed by atoms with van der Waals surface area (Å²) in [5, 5.41) is 0. The van der Waals surface area contributed by atoms with Crippen LogP contribution in [0.1, 0.15) is 25.3 Å². The molecule has 0 spiro atoms. The van der Waals surface area contributed by atoms with Gasteiger partial charge in [-0.2, -0.15) is 4.98 Å². The van der Waals surface area contributed by atoms with Gasteiger partial charge >= 0.3 is 0 Å². The molecular weight excluding hydrogens is 214 g/mol. The number of anilines is 1. The first kappa shape index (κ1) is 11.9. The predicted octanol–water partition coefficient (Wildman–Crippen LogP) is 2.35. The number of allylic oxidation sites excluding steroid dienone is 2. The van der Waals surface area contributed by atoms with Crippen molar-refractivity contribution in [2.24, 2.45) is 11.8 Å². The minimum absolute atomic E-state index is 0.266. The smallest absolute Gasteiger partial charge is 0.223 e. The molecule has 1 aliphatic carbocycles. The van der Waals surface area contributed by atoms with Crippen molar-refractivity contribution in [1.29, 1.82) is 0 Å². The number of nitrogens with two attached hydrogens (primary N) is 1. The Bertz CT molecular complexity index is 417. The highest BCUT2D eigenvalue weighted by Crippen LogP contribution is 2.26. The van der Waals surface area contributed by atoms with Gasteiger partial charge in [0.05, 0.1) is 6.61 Å². The van der Waals surface area contributed by atoms with Gasteiger partial charge in [-0.1, -0.05) is 19.1 Å². The van der Waals surface area contributed by atoms with Crippen molar-refractivity contribution >= 4 is 5.95 Å². The Balaban J connectivity index is 1.97. The monoisotopic (exact) mass is 233 g/mol. The second-order valence-electron chi connectivity index (χ2n) is 4.71. The van der Waals surface area contributed by atoms with Crippen LogP contribution in [0, 0.1) is 18.8 Å². The maximum Gasteiger partial charge on any atom is 0.223 e. The van der Waals surface area contributed by atoms with Gasteiger partial charge in [-0.15, -0.1) is 0 Å². The van der Waals surface area contributed by atoms with Crippen LogP contribution in [0.3, 0.4) is 0 Å². The molecule has 2 N–H and O–H groups in total. The van der Waals surface area contributed by atoms with E-state index in [0.717, 1.165) is 18.4 Å². The van der Waals surface area contributed by atoms with Crippen LogP contribution >= 0.6 is 0 Å². The molecule has 1 aliphatic rings. The zero-order valence-electron chi connectivity index (χ0n) is 10.4. The van der Waals surface area contributed by atoms with Crippen molar-refractivity contribution in [1.82, 2.24) is 9.97 Å². The third kappa shape index (κ3) is 2.96. The number of aromatic nitrogens is 2. The number of aryl methyl sites for hydroxylation is 1. The topological polar surface area (TPSA) is 61.0 Å². The van der Waals surface area contributed by atoms with E-state index in [1.54, 1.807) is 6.20 Å².